The molecule has 0 saturated heterocycles. The Labute approximate surface area is 97.7 Å². The zero-order valence-electron chi connectivity index (χ0n) is 8.58. The van der Waals surface area contributed by atoms with Crippen LogP contribution in [0.5, 0.6) is 5.75 Å². The van der Waals surface area contributed by atoms with Gasteiger partial charge in [0.25, 0.3) is 0 Å². The molecule has 0 aliphatic heterocycles. The minimum absolute atomic E-state index is 0. The lowest BCUT2D eigenvalue weighted by Gasteiger charge is -2.14. The van der Waals surface area contributed by atoms with Crippen LogP contribution in [0.25, 0.3) is 0 Å². The van der Waals surface area contributed by atoms with E-state index in [-0.39, 0.29) is 23.7 Å². The lowest BCUT2D eigenvalue weighted by atomic mass is 10.0. The first kappa shape index (κ1) is 15.1. The Morgan fingerprint density at radius 2 is 1.94 bits per heavy atom. The van der Waals surface area contributed by atoms with Gasteiger partial charge in [-0.1, -0.05) is 6.92 Å². The van der Waals surface area contributed by atoms with Gasteiger partial charge >= 0.3 is 6.18 Å². The average Bonchev–Trinajstić information content (AvgIpc) is 2.15. The molecule has 1 aromatic rings. The summed E-state index contributed by atoms with van der Waals surface area (Å²) in [5, 5.41) is 9.35. The van der Waals surface area contributed by atoms with Gasteiger partial charge in [-0.3, -0.25) is 0 Å². The summed E-state index contributed by atoms with van der Waals surface area (Å²) in [6, 6.07) is 2.17. The van der Waals surface area contributed by atoms with Crippen molar-refractivity contribution in [3.63, 3.8) is 0 Å². The summed E-state index contributed by atoms with van der Waals surface area (Å²) >= 11 is 0. The Bertz CT molecular complexity index is 354. The van der Waals surface area contributed by atoms with E-state index in [0.29, 0.717) is 6.42 Å². The molecule has 0 fully saturated rings. The zero-order chi connectivity index (χ0) is 11.6. The van der Waals surface area contributed by atoms with Crippen molar-refractivity contribution in [1.29, 1.82) is 0 Å². The Morgan fingerprint density at radius 1 is 1.38 bits per heavy atom. The molecular formula is C10H13ClF3NO. The summed E-state index contributed by atoms with van der Waals surface area (Å²) in [6.45, 7) is 1.74. The second kappa shape index (κ2) is 5.41. The molecule has 0 saturated carbocycles. The maximum absolute atomic E-state index is 12.3. The van der Waals surface area contributed by atoms with Gasteiger partial charge in [-0.15, -0.1) is 12.4 Å². The van der Waals surface area contributed by atoms with Gasteiger partial charge in [0, 0.05) is 11.6 Å². The van der Waals surface area contributed by atoms with Crippen LogP contribution in [0.4, 0.5) is 13.2 Å². The first-order valence-corrected chi connectivity index (χ1v) is 4.52. The van der Waals surface area contributed by atoms with Crippen LogP contribution in [-0.2, 0) is 6.18 Å². The maximum Gasteiger partial charge on any atom is 0.416 e. The van der Waals surface area contributed by atoms with Crippen molar-refractivity contribution in [2.45, 2.75) is 25.6 Å². The first-order chi connectivity index (χ1) is 6.86. The second-order valence-electron chi connectivity index (χ2n) is 3.29. The van der Waals surface area contributed by atoms with Gasteiger partial charge in [0.2, 0.25) is 0 Å². The number of alkyl halides is 3. The third-order valence-electron chi connectivity index (χ3n) is 2.19. The van der Waals surface area contributed by atoms with Crippen LogP contribution in [-0.4, -0.2) is 5.11 Å². The third-order valence-corrected chi connectivity index (χ3v) is 2.19. The van der Waals surface area contributed by atoms with E-state index in [1.54, 1.807) is 6.92 Å². The molecule has 1 rings (SSSR count). The van der Waals surface area contributed by atoms with E-state index in [9.17, 15) is 18.3 Å². The predicted octanol–water partition coefficient (Wildman–Crippen LogP) is 3.24. The van der Waals surface area contributed by atoms with E-state index in [2.05, 4.69) is 0 Å². The smallest absolute Gasteiger partial charge is 0.416 e. The van der Waals surface area contributed by atoms with Gasteiger partial charge in [-0.05, 0) is 24.6 Å². The fourth-order valence-electron chi connectivity index (χ4n) is 1.25. The van der Waals surface area contributed by atoms with Gasteiger partial charge < -0.3 is 10.8 Å². The molecule has 0 radical (unpaired) electrons. The maximum atomic E-state index is 12.3. The van der Waals surface area contributed by atoms with Crippen LogP contribution in [0, 0.1) is 0 Å². The first-order valence-electron chi connectivity index (χ1n) is 4.52. The lowest BCUT2D eigenvalue weighted by Crippen LogP contribution is -2.11. The number of rotatable bonds is 2. The summed E-state index contributed by atoms with van der Waals surface area (Å²) < 4.78 is 37.0. The predicted molar refractivity (Wildman–Crippen MR) is 57.6 cm³/mol. The van der Waals surface area contributed by atoms with Crippen molar-refractivity contribution in [1.82, 2.24) is 0 Å². The molecule has 0 bridgehead atoms. The fourth-order valence-corrected chi connectivity index (χ4v) is 1.25. The molecule has 6 heteroatoms. The van der Waals surface area contributed by atoms with Gasteiger partial charge in [0.1, 0.15) is 5.75 Å². The molecule has 0 amide bonds. The molecule has 2 nitrogen and oxygen atoms in total. The monoisotopic (exact) mass is 255 g/mol. The van der Waals surface area contributed by atoms with Gasteiger partial charge in [-0.25, -0.2) is 0 Å². The molecule has 0 aliphatic carbocycles. The summed E-state index contributed by atoms with van der Waals surface area (Å²) in [4.78, 5) is 0. The van der Waals surface area contributed by atoms with Crippen molar-refractivity contribution in [3.05, 3.63) is 29.3 Å². The van der Waals surface area contributed by atoms with Crippen LogP contribution < -0.4 is 5.73 Å². The molecule has 0 aliphatic rings. The van der Waals surface area contributed by atoms with Crippen molar-refractivity contribution in [2.24, 2.45) is 5.73 Å². The van der Waals surface area contributed by atoms with E-state index in [4.69, 9.17) is 5.73 Å². The van der Waals surface area contributed by atoms with Crippen molar-refractivity contribution in [3.8, 4) is 5.75 Å². The highest BCUT2D eigenvalue weighted by Crippen LogP contribution is 2.34. The van der Waals surface area contributed by atoms with Crippen LogP contribution >= 0.6 is 12.4 Å². The highest BCUT2D eigenvalue weighted by atomic mass is 35.5. The largest absolute Gasteiger partial charge is 0.508 e. The summed E-state index contributed by atoms with van der Waals surface area (Å²) in [5.74, 6) is -0.197. The molecule has 0 heterocycles. The number of hydrogen-bond acceptors (Lipinski definition) is 2. The zero-order valence-corrected chi connectivity index (χ0v) is 9.40. The summed E-state index contributed by atoms with van der Waals surface area (Å²) in [7, 11) is 0. The third kappa shape index (κ3) is 3.28. The number of phenolic OH excluding ortho intramolecular Hbond substituents is 1. The van der Waals surface area contributed by atoms with Crippen molar-refractivity contribution in [2.75, 3.05) is 0 Å². The molecule has 1 atom stereocenters. The molecule has 0 unspecified atom stereocenters. The van der Waals surface area contributed by atoms with Gasteiger partial charge in [-0.2, -0.15) is 13.2 Å². The quantitative estimate of drug-likeness (QED) is 0.852. The molecule has 92 valence electrons. The summed E-state index contributed by atoms with van der Waals surface area (Å²) in [6.07, 6.45) is -3.94. The van der Waals surface area contributed by atoms with Crippen LogP contribution in [0.3, 0.4) is 0 Å². The number of halogens is 4. The average molecular weight is 256 g/mol. The Morgan fingerprint density at radius 3 is 2.38 bits per heavy atom. The Hall–Kier alpha value is -0.940. The topological polar surface area (TPSA) is 46.2 Å². The second-order valence-corrected chi connectivity index (χ2v) is 3.29. The Balaban J connectivity index is 0.00000225. The van der Waals surface area contributed by atoms with Gasteiger partial charge in [0.15, 0.2) is 0 Å². The number of nitrogens with two attached hydrogens (primary N) is 1. The molecule has 16 heavy (non-hydrogen) atoms. The van der Waals surface area contributed by atoms with Crippen LogP contribution in [0.1, 0.15) is 30.5 Å². The fraction of sp³-hybridized carbons (Fsp3) is 0.400. The standard InChI is InChI=1S/C10H12F3NO.ClH/c1-2-8(14)7-5-6(10(11,12)13)3-4-9(7)15;/h3-5,8,15H,2,14H2,1H3;1H/t8-;/m1./s1. The SMILES string of the molecule is CC[C@@H](N)c1cc(C(F)(F)F)ccc1O.Cl. The van der Waals surface area contributed by atoms with E-state index in [1.165, 1.54) is 0 Å². The van der Waals surface area contributed by atoms with E-state index in [1.807, 2.05) is 0 Å². The lowest BCUT2D eigenvalue weighted by molar-refractivity contribution is -0.137. The number of aromatic hydroxyl groups is 1. The number of hydrogen-bond donors (Lipinski definition) is 2. The number of benzene rings is 1. The van der Waals surface area contributed by atoms with Crippen molar-refractivity contribution < 1.29 is 18.3 Å². The van der Waals surface area contributed by atoms with E-state index >= 15 is 0 Å². The van der Waals surface area contributed by atoms with Crippen molar-refractivity contribution >= 4 is 12.4 Å². The molecular weight excluding hydrogens is 243 g/mol. The molecule has 3 N–H and O–H groups in total. The minimum atomic E-state index is -4.41. The number of phenols is 1. The highest BCUT2D eigenvalue weighted by Gasteiger charge is 2.31. The summed E-state index contributed by atoms with van der Waals surface area (Å²) in [5.41, 5.74) is 4.92. The normalized spacial score (nSPS) is 13.1. The van der Waals surface area contributed by atoms with E-state index < -0.39 is 17.8 Å². The molecule has 1 aromatic carbocycles. The van der Waals surface area contributed by atoms with Crippen LogP contribution in [0.2, 0.25) is 0 Å². The molecule has 0 aromatic heterocycles. The highest BCUT2D eigenvalue weighted by molar-refractivity contribution is 5.85. The van der Waals surface area contributed by atoms with Gasteiger partial charge in [0.05, 0.1) is 5.56 Å². The van der Waals surface area contributed by atoms with Crippen LogP contribution in [0.15, 0.2) is 18.2 Å². The van der Waals surface area contributed by atoms with E-state index in [0.717, 1.165) is 18.2 Å². The minimum Gasteiger partial charge on any atom is -0.508 e. The molecule has 0 spiro atoms. The Kier molecular flexibility index (Phi) is 5.09.